The van der Waals surface area contributed by atoms with E-state index in [4.69, 9.17) is 17.0 Å². The molecule has 0 radical (unpaired) electrons. The van der Waals surface area contributed by atoms with Gasteiger partial charge in [-0.15, -0.1) is 0 Å². The number of halogens is 2. The number of thiocarbonyl (C=S) groups is 1. The van der Waals surface area contributed by atoms with Gasteiger partial charge in [0.1, 0.15) is 11.5 Å². The van der Waals surface area contributed by atoms with Gasteiger partial charge in [0.2, 0.25) is 0 Å². The fourth-order valence-electron chi connectivity index (χ4n) is 1.84. The van der Waals surface area contributed by atoms with Gasteiger partial charge >= 0.3 is 0 Å². The zero-order valence-electron chi connectivity index (χ0n) is 12.6. The molecular formula is C16H14Br2N2O3S. The van der Waals surface area contributed by atoms with Crippen molar-refractivity contribution in [1.82, 2.24) is 5.32 Å². The lowest BCUT2D eigenvalue weighted by molar-refractivity contribution is 0.0977. The van der Waals surface area contributed by atoms with Crippen LogP contribution in [0.15, 0.2) is 45.3 Å². The number of phenols is 1. The quantitative estimate of drug-likeness (QED) is 0.452. The molecule has 0 saturated carbocycles. The van der Waals surface area contributed by atoms with Gasteiger partial charge in [-0.25, -0.2) is 0 Å². The van der Waals surface area contributed by atoms with Crippen molar-refractivity contribution in [2.24, 2.45) is 0 Å². The molecule has 0 aromatic heterocycles. The fourth-order valence-corrected chi connectivity index (χ4v) is 3.24. The number of anilines is 1. The van der Waals surface area contributed by atoms with E-state index in [9.17, 15) is 9.90 Å². The van der Waals surface area contributed by atoms with Crippen LogP contribution in [0.25, 0.3) is 0 Å². The van der Waals surface area contributed by atoms with Gasteiger partial charge in [0, 0.05) is 11.3 Å². The molecule has 2 aromatic rings. The number of carbonyl (C=O) groups is 1. The van der Waals surface area contributed by atoms with Crippen LogP contribution in [0.3, 0.4) is 0 Å². The van der Waals surface area contributed by atoms with Crippen LogP contribution in [0.2, 0.25) is 0 Å². The summed E-state index contributed by atoms with van der Waals surface area (Å²) in [6.45, 7) is 2.46. The first-order chi connectivity index (χ1) is 11.4. The summed E-state index contributed by atoms with van der Waals surface area (Å²) in [4.78, 5) is 12.2. The summed E-state index contributed by atoms with van der Waals surface area (Å²) in [5, 5.41) is 15.3. The second kappa shape index (κ2) is 8.46. The molecule has 0 aliphatic carbocycles. The Balaban J connectivity index is 2.00. The van der Waals surface area contributed by atoms with E-state index in [1.54, 1.807) is 36.4 Å². The monoisotopic (exact) mass is 472 g/mol. The minimum atomic E-state index is -0.326. The van der Waals surface area contributed by atoms with Gasteiger partial charge in [-0.3, -0.25) is 10.1 Å². The normalized spacial score (nSPS) is 10.1. The lowest BCUT2D eigenvalue weighted by Gasteiger charge is -2.11. The number of rotatable bonds is 4. The van der Waals surface area contributed by atoms with Crippen LogP contribution in [-0.4, -0.2) is 22.7 Å². The Kier molecular flexibility index (Phi) is 6.59. The summed E-state index contributed by atoms with van der Waals surface area (Å²) in [7, 11) is 0. The third-order valence-electron chi connectivity index (χ3n) is 2.93. The van der Waals surface area contributed by atoms with E-state index in [1.807, 2.05) is 6.92 Å². The maximum absolute atomic E-state index is 12.2. The number of nitrogens with one attached hydrogen (secondary N) is 2. The maximum Gasteiger partial charge on any atom is 0.257 e. The Labute approximate surface area is 161 Å². The minimum Gasteiger partial charge on any atom is -0.506 e. The molecule has 2 rings (SSSR count). The van der Waals surface area contributed by atoms with E-state index in [0.29, 0.717) is 32.6 Å². The molecule has 0 bridgehead atoms. The molecule has 2 aromatic carbocycles. The van der Waals surface area contributed by atoms with E-state index in [-0.39, 0.29) is 16.8 Å². The summed E-state index contributed by atoms with van der Waals surface area (Å²) in [6.07, 6.45) is 0. The van der Waals surface area contributed by atoms with Crippen molar-refractivity contribution in [1.29, 1.82) is 0 Å². The fraction of sp³-hybridized carbons (Fsp3) is 0.125. The van der Waals surface area contributed by atoms with Gasteiger partial charge in [-0.05, 0) is 87.4 Å². The lowest BCUT2D eigenvalue weighted by Crippen LogP contribution is -2.34. The number of ether oxygens (including phenoxy) is 1. The van der Waals surface area contributed by atoms with Crippen molar-refractivity contribution in [3.8, 4) is 11.5 Å². The van der Waals surface area contributed by atoms with Crippen molar-refractivity contribution in [2.75, 3.05) is 11.9 Å². The Morgan fingerprint density at radius 2 is 1.79 bits per heavy atom. The lowest BCUT2D eigenvalue weighted by atomic mass is 10.2. The molecule has 8 heteroatoms. The van der Waals surface area contributed by atoms with Crippen molar-refractivity contribution in [3.63, 3.8) is 0 Å². The molecule has 0 aliphatic rings. The summed E-state index contributed by atoms with van der Waals surface area (Å²) >= 11 is 11.6. The van der Waals surface area contributed by atoms with Crippen LogP contribution in [0, 0.1) is 0 Å². The van der Waals surface area contributed by atoms with E-state index in [0.717, 1.165) is 0 Å². The molecule has 0 saturated heterocycles. The smallest absolute Gasteiger partial charge is 0.257 e. The van der Waals surface area contributed by atoms with Crippen LogP contribution >= 0.6 is 44.1 Å². The summed E-state index contributed by atoms with van der Waals surface area (Å²) < 4.78 is 6.33. The minimum absolute atomic E-state index is 0.0879. The molecule has 0 aliphatic heterocycles. The van der Waals surface area contributed by atoms with Gasteiger partial charge in [-0.1, -0.05) is 0 Å². The van der Waals surface area contributed by atoms with Crippen molar-refractivity contribution >= 4 is 60.8 Å². The summed E-state index contributed by atoms with van der Waals surface area (Å²) in [5.41, 5.74) is 1.08. The van der Waals surface area contributed by atoms with Crippen molar-refractivity contribution < 1.29 is 14.6 Å². The zero-order valence-corrected chi connectivity index (χ0v) is 16.6. The molecular weight excluding hydrogens is 460 g/mol. The predicted molar refractivity (Wildman–Crippen MR) is 105 cm³/mol. The highest BCUT2D eigenvalue weighted by Crippen LogP contribution is 2.35. The first-order valence-electron chi connectivity index (χ1n) is 6.94. The topological polar surface area (TPSA) is 70.6 Å². The molecule has 0 atom stereocenters. The number of hydrogen-bond acceptors (Lipinski definition) is 4. The zero-order chi connectivity index (χ0) is 17.7. The summed E-state index contributed by atoms with van der Waals surface area (Å²) in [6, 6.07) is 10.1. The first-order valence-corrected chi connectivity index (χ1v) is 8.93. The number of amides is 1. The van der Waals surface area contributed by atoms with Crippen LogP contribution in [0.5, 0.6) is 11.5 Å². The molecule has 24 heavy (non-hydrogen) atoms. The SMILES string of the molecule is CCOc1ccc(C(=O)NC(=S)Nc2cc(Br)c(O)c(Br)c2)cc1. The Hall–Kier alpha value is -1.64. The van der Waals surface area contributed by atoms with Crippen molar-refractivity contribution in [2.45, 2.75) is 6.92 Å². The number of benzene rings is 2. The number of aromatic hydroxyl groups is 1. The highest BCUT2D eigenvalue weighted by molar-refractivity contribution is 9.11. The Bertz CT molecular complexity index is 743. The largest absolute Gasteiger partial charge is 0.506 e. The molecule has 0 spiro atoms. The standard InChI is InChI=1S/C16H14Br2N2O3S/c1-2-23-11-5-3-9(4-6-11)15(22)20-16(24)19-10-7-12(17)14(21)13(18)8-10/h3-8,21H,2H2,1H3,(H2,19,20,22,24). The van der Waals surface area contributed by atoms with Crippen LogP contribution in [0.1, 0.15) is 17.3 Å². The maximum atomic E-state index is 12.2. The molecule has 0 heterocycles. The van der Waals surface area contributed by atoms with E-state index in [1.165, 1.54) is 0 Å². The van der Waals surface area contributed by atoms with Gasteiger partial charge in [-0.2, -0.15) is 0 Å². The first kappa shape index (κ1) is 18.7. The third-order valence-corrected chi connectivity index (χ3v) is 4.34. The average Bonchev–Trinajstić information content (AvgIpc) is 2.53. The molecule has 5 nitrogen and oxygen atoms in total. The van der Waals surface area contributed by atoms with Crippen LogP contribution < -0.4 is 15.4 Å². The Morgan fingerprint density at radius 3 is 2.33 bits per heavy atom. The van der Waals surface area contributed by atoms with Crippen LogP contribution in [0.4, 0.5) is 5.69 Å². The van der Waals surface area contributed by atoms with E-state index >= 15 is 0 Å². The number of phenolic OH excluding ortho intramolecular Hbond substituents is 1. The van der Waals surface area contributed by atoms with Crippen molar-refractivity contribution in [3.05, 3.63) is 50.9 Å². The molecule has 0 fully saturated rings. The molecule has 3 N–H and O–H groups in total. The van der Waals surface area contributed by atoms with Crippen LogP contribution in [-0.2, 0) is 0 Å². The second-order valence-electron chi connectivity index (χ2n) is 4.65. The van der Waals surface area contributed by atoms with Gasteiger partial charge in [0.25, 0.3) is 5.91 Å². The number of carbonyl (C=O) groups excluding carboxylic acids is 1. The predicted octanol–water partition coefficient (Wildman–Crippen LogP) is 4.44. The highest BCUT2D eigenvalue weighted by Gasteiger charge is 2.10. The molecule has 0 unspecified atom stereocenters. The van der Waals surface area contributed by atoms with Gasteiger partial charge in [0.05, 0.1) is 15.6 Å². The van der Waals surface area contributed by atoms with Gasteiger partial charge < -0.3 is 15.2 Å². The van der Waals surface area contributed by atoms with E-state index < -0.39 is 0 Å². The number of hydrogen-bond donors (Lipinski definition) is 3. The van der Waals surface area contributed by atoms with E-state index in [2.05, 4.69) is 42.5 Å². The van der Waals surface area contributed by atoms with Gasteiger partial charge in [0.15, 0.2) is 5.11 Å². The molecule has 1 amide bonds. The highest BCUT2D eigenvalue weighted by atomic mass is 79.9. The second-order valence-corrected chi connectivity index (χ2v) is 6.77. The average molecular weight is 474 g/mol. The summed E-state index contributed by atoms with van der Waals surface area (Å²) in [5.74, 6) is 0.464. The molecule has 126 valence electrons. The third kappa shape index (κ3) is 4.93. The Morgan fingerprint density at radius 1 is 1.21 bits per heavy atom.